The number of carboxylic acids is 1. The maximum absolute atomic E-state index is 10.4. The van der Waals surface area contributed by atoms with Crippen molar-refractivity contribution in [3.63, 3.8) is 0 Å². The van der Waals surface area contributed by atoms with Crippen molar-refractivity contribution < 1.29 is 9.90 Å². The molecule has 1 aromatic heterocycles. The minimum atomic E-state index is -0.840. The number of aromatic nitrogens is 2. The number of nitriles is 1. The molecule has 1 heterocycles. The summed E-state index contributed by atoms with van der Waals surface area (Å²) in [6.07, 6.45) is 1.98. The molecule has 6 nitrogen and oxygen atoms in total. The van der Waals surface area contributed by atoms with Gasteiger partial charge in [-0.2, -0.15) is 10.4 Å². The molecule has 0 aromatic carbocycles. The van der Waals surface area contributed by atoms with Crippen LogP contribution in [0.25, 0.3) is 0 Å². The molecule has 16 heavy (non-hydrogen) atoms. The predicted octanol–water partition coefficient (Wildman–Crippen LogP) is 1.01. The van der Waals surface area contributed by atoms with E-state index >= 15 is 0 Å². The molecule has 1 atom stereocenters. The molecule has 0 spiro atoms. The van der Waals surface area contributed by atoms with Gasteiger partial charge in [0, 0.05) is 12.5 Å². The number of carbonyl (C=O) groups is 1. The first kappa shape index (κ1) is 11.9. The van der Waals surface area contributed by atoms with Crippen molar-refractivity contribution >= 4 is 11.8 Å². The number of hydrogen-bond acceptors (Lipinski definition) is 5. The van der Waals surface area contributed by atoms with Gasteiger partial charge in [-0.05, 0) is 19.4 Å². The second-order valence-corrected chi connectivity index (χ2v) is 3.38. The summed E-state index contributed by atoms with van der Waals surface area (Å²) in [4.78, 5) is 10.4. The summed E-state index contributed by atoms with van der Waals surface area (Å²) in [6, 6.07) is 3.47. The van der Waals surface area contributed by atoms with Gasteiger partial charge in [-0.3, -0.25) is 4.79 Å². The van der Waals surface area contributed by atoms with Crippen molar-refractivity contribution in [1.82, 2.24) is 10.2 Å². The minimum Gasteiger partial charge on any atom is -0.481 e. The summed E-state index contributed by atoms with van der Waals surface area (Å²) >= 11 is 0. The Morgan fingerprint density at radius 2 is 2.50 bits per heavy atom. The zero-order valence-corrected chi connectivity index (χ0v) is 8.84. The highest BCUT2D eigenvalue weighted by molar-refractivity contribution is 5.66. The summed E-state index contributed by atoms with van der Waals surface area (Å²) in [5.41, 5.74) is 0.400. The molecule has 0 amide bonds. The van der Waals surface area contributed by atoms with Gasteiger partial charge in [0.15, 0.2) is 5.82 Å². The molecule has 2 N–H and O–H groups in total. The van der Waals surface area contributed by atoms with E-state index in [9.17, 15) is 4.79 Å². The summed E-state index contributed by atoms with van der Waals surface area (Å²) in [6.45, 7) is 1.83. The fourth-order valence-corrected chi connectivity index (χ4v) is 1.17. The number of hydrogen-bond donors (Lipinski definition) is 2. The van der Waals surface area contributed by atoms with Gasteiger partial charge in [0.2, 0.25) is 0 Å². The van der Waals surface area contributed by atoms with Gasteiger partial charge in [-0.25, -0.2) is 0 Å². The van der Waals surface area contributed by atoms with Gasteiger partial charge in [0.25, 0.3) is 0 Å². The van der Waals surface area contributed by atoms with E-state index in [1.165, 1.54) is 6.20 Å². The molecule has 84 valence electrons. The molecule has 0 aliphatic carbocycles. The average molecular weight is 220 g/mol. The lowest BCUT2D eigenvalue weighted by atomic mass is 10.2. The van der Waals surface area contributed by atoms with E-state index in [1.54, 1.807) is 6.07 Å². The van der Waals surface area contributed by atoms with Gasteiger partial charge in [-0.15, -0.1) is 5.10 Å². The van der Waals surface area contributed by atoms with Gasteiger partial charge < -0.3 is 10.4 Å². The Morgan fingerprint density at radius 3 is 3.12 bits per heavy atom. The monoisotopic (exact) mass is 220 g/mol. The Balaban J connectivity index is 2.59. The highest BCUT2D eigenvalue weighted by Crippen LogP contribution is 2.11. The van der Waals surface area contributed by atoms with Crippen molar-refractivity contribution in [2.24, 2.45) is 0 Å². The summed E-state index contributed by atoms with van der Waals surface area (Å²) in [5, 5.41) is 27.7. The van der Waals surface area contributed by atoms with Crippen LogP contribution in [-0.4, -0.2) is 27.3 Å². The summed E-state index contributed by atoms with van der Waals surface area (Å²) in [7, 11) is 0. The lowest BCUT2D eigenvalue weighted by Gasteiger charge is -2.13. The summed E-state index contributed by atoms with van der Waals surface area (Å²) < 4.78 is 0. The van der Waals surface area contributed by atoms with E-state index in [2.05, 4.69) is 15.5 Å². The van der Waals surface area contributed by atoms with Crippen molar-refractivity contribution in [3.05, 3.63) is 17.8 Å². The van der Waals surface area contributed by atoms with Crippen molar-refractivity contribution in [3.8, 4) is 6.07 Å². The van der Waals surface area contributed by atoms with Gasteiger partial charge in [0.05, 0.1) is 11.8 Å². The van der Waals surface area contributed by atoms with E-state index in [-0.39, 0.29) is 12.5 Å². The first-order valence-electron chi connectivity index (χ1n) is 4.83. The minimum absolute atomic E-state index is 0.0695. The molecule has 0 radical (unpaired) electrons. The van der Waals surface area contributed by atoms with Crippen LogP contribution in [0.4, 0.5) is 5.82 Å². The Hall–Kier alpha value is -2.16. The molecular weight excluding hydrogens is 208 g/mol. The fourth-order valence-electron chi connectivity index (χ4n) is 1.17. The van der Waals surface area contributed by atoms with Crippen LogP contribution in [-0.2, 0) is 4.79 Å². The standard InChI is InChI=1S/C10H12N4O2/c1-7(2-3-9(15)16)13-10-8(6-11)4-5-12-14-10/h4-5,7H,2-3H2,1H3,(H,13,14)(H,15,16). The van der Waals surface area contributed by atoms with Gasteiger partial charge >= 0.3 is 5.97 Å². The molecule has 0 saturated heterocycles. The smallest absolute Gasteiger partial charge is 0.303 e. The van der Waals surface area contributed by atoms with Gasteiger partial charge in [0.1, 0.15) is 6.07 Å². The zero-order valence-electron chi connectivity index (χ0n) is 8.84. The van der Waals surface area contributed by atoms with Crippen LogP contribution in [0.1, 0.15) is 25.3 Å². The van der Waals surface area contributed by atoms with E-state index in [0.29, 0.717) is 17.8 Å². The number of nitrogens with one attached hydrogen (secondary N) is 1. The van der Waals surface area contributed by atoms with Gasteiger partial charge in [-0.1, -0.05) is 0 Å². The average Bonchev–Trinajstić information content (AvgIpc) is 2.27. The second-order valence-electron chi connectivity index (χ2n) is 3.38. The number of carboxylic acid groups (broad SMARTS) is 1. The Labute approximate surface area is 92.9 Å². The molecule has 1 unspecified atom stereocenters. The Morgan fingerprint density at radius 1 is 1.75 bits per heavy atom. The Kier molecular flexibility index (Phi) is 4.21. The highest BCUT2D eigenvalue weighted by atomic mass is 16.4. The predicted molar refractivity (Wildman–Crippen MR) is 56.7 cm³/mol. The van der Waals surface area contributed by atoms with Crippen molar-refractivity contribution in [2.75, 3.05) is 5.32 Å². The first-order chi connectivity index (χ1) is 7.63. The van der Waals surface area contributed by atoms with Crippen molar-refractivity contribution in [1.29, 1.82) is 5.26 Å². The molecular formula is C10H12N4O2. The molecule has 0 bridgehead atoms. The van der Waals surface area contributed by atoms with E-state index in [1.807, 2.05) is 13.0 Å². The molecule has 0 aliphatic heterocycles. The second kappa shape index (κ2) is 5.66. The first-order valence-corrected chi connectivity index (χ1v) is 4.83. The highest BCUT2D eigenvalue weighted by Gasteiger charge is 2.09. The maximum Gasteiger partial charge on any atom is 0.303 e. The summed E-state index contributed by atoms with van der Waals surface area (Å²) in [5.74, 6) is -0.448. The topological polar surface area (TPSA) is 98.9 Å². The van der Waals surface area contributed by atoms with E-state index in [4.69, 9.17) is 10.4 Å². The third kappa shape index (κ3) is 3.53. The third-order valence-corrected chi connectivity index (χ3v) is 2.02. The molecule has 1 rings (SSSR count). The van der Waals surface area contributed by atoms with E-state index < -0.39 is 5.97 Å². The zero-order chi connectivity index (χ0) is 12.0. The van der Waals surface area contributed by atoms with Crippen LogP contribution in [0.3, 0.4) is 0 Å². The number of anilines is 1. The van der Waals surface area contributed by atoms with Crippen LogP contribution < -0.4 is 5.32 Å². The molecule has 0 aliphatic rings. The molecule has 0 saturated carbocycles. The van der Waals surface area contributed by atoms with Crippen LogP contribution in [0, 0.1) is 11.3 Å². The number of nitrogens with zero attached hydrogens (tertiary/aromatic N) is 3. The third-order valence-electron chi connectivity index (χ3n) is 2.02. The normalized spacial score (nSPS) is 11.5. The quantitative estimate of drug-likeness (QED) is 0.768. The van der Waals surface area contributed by atoms with Crippen molar-refractivity contribution in [2.45, 2.75) is 25.8 Å². The lowest BCUT2D eigenvalue weighted by molar-refractivity contribution is -0.137. The van der Waals surface area contributed by atoms with Crippen LogP contribution >= 0.6 is 0 Å². The molecule has 0 fully saturated rings. The maximum atomic E-state index is 10.4. The number of aliphatic carboxylic acids is 1. The molecule has 6 heteroatoms. The Bertz CT molecular complexity index is 414. The largest absolute Gasteiger partial charge is 0.481 e. The number of rotatable bonds is 5. The molecule has 1 aromatic rings. The lowest BCUT2D eigenvalue weighted by Crippen LogP contribution is -2.18. The van der Waals surface area contributed by atoms with Crippen LogP contribution in [0.2, 0.25) is 0 Å². The van der Waals surface area contributed by atoms with Crippen LogP contribution in [0.5, 0.6) is 0 Å². The SMILES string of the molecule is CC(CCC(=O)O)Nc1nnccc1C#N. The fraction of sp³-hybridized carbons (Fsp3) is 0.400. The van der Waals surface area contributed by atoms with Crippen LogP contribution in [0.15, 0.2) is 12.3 Å². The van der Waals surface area contributed by atoms with E-state index in [0.717, 1.165) is 0 Å².